The number of benzene rings is 1. The minimum atomic E-state index is -3.69. The summed E-state index contributed by atoms with van der Waals surface area (Å²) in [6.45, 7) is 2.08. The SMILES string of the molecule is CCCc1nc2cc(S(=O)(=O)Cl)ccc2n1C. The second kappa shape index (κ2) is 4.31. The molecule has 2 aromatic rings. The second-order valence-corrected chi connectivity index (χ2v) is 6.49. The predicted octanol–water partition coefficient (Wildman–Crippen LogP) is 2.45. The van der Waals surface area contributed by atoms with E-state index in [2.05, 4.69) is 11.9 Å². The molecule has 0 saturated carbocycles. The average Bonchev–Trinajstić information content (AvgIpc) is 2.55. The molecule has 0 saturated heterocycles. The summed E-state index contributed by atoms with van der Waals surface area (Å²) in [6, 6.07) is 4.75. The highest BCUT2D eigenvalue weighted by Crippen LogP contribution is 2.22. The number of hydrogen-bond donors (Lipinski definition) is 0. The van der Waals surface area contributed by atoms with Gasteiger partial charge in [0.2, 0.25) is 0 Å². The normalized spacial score (nSPS) is 12.2. The Bertz CT molecular complexity index is 661. The van der Waals surface area contributed by atoms with E-state index >= 15 is 0 Å². The Morgan fingerprint density at radius 3 is 2.71 bits per heavy atom. The van der Waals surface area contributed by atoms with Crippen molar-refractivity contribution in [2.75, 3.05) is 0 Å². The van der Waals surface area contributed by atoms with Crippen LogP contribution in [0.4, 0.5) is 0 Å². The maximum Gasteiger partial charge on any atom is 0.261 e. The van der Waals surface area contributed by atoms with Crippen molar-refractivity contribution in [3.8, 4) is 0 Å². The number of fused-ring (bicyclic) bond motifs is 1. The van der Waals surface area contributed by atoms with Gasteiger partial charge in [-0.25, -0.2) is 13.4 Å². The molecule has 0 unspecified atom stereocenters. The number of aromatic nitrogens is 2. The lowest BCUT2D eigenvalue weighted by atomic mass is 10.3. The molecule has 2 rings (SSSR count). The number of halogens is 1. The van der Waals surface area contributed by atoms with Gasteiger partial charge < -0.3 is 4.57 Å². The monoisotopic (exact) mass is 272 g/mol. The smallest absolute Gasteiger partial charge is 0.261 e. The third-order valence-corrected chi connectivity index (χ3v) is 4.05. The van der Waals surface area contributed by atoms with Gasteiger partial charge in [-0.15, -0.1) is 0 Å². The first kappa shape index (κ1) is 12.4. The van der Waals surface area contributed by atoms with Crippen LogP contribution in [0.3, 0.4) is 0 Å². The second-order valence-electron chi connectivity index (χ2n) is 3.93. The van der Waals surface area contributed by atoms with Crippen molar-refractivity contribution in [3.63, 3.8) is 0 Å². The third-order valence-electron chi connectivity index (χ3n) is 2.70. The number of rotatable bonds is 3. The molecule has 17 heavy (non-hydrogen) atoms. The third kappa shape index (κ3) is 2.30. The highest BCUT2D eigenvalue weighted by molar-refractivity contribution is 8.13. The molecule has 0 aliphatic heterocycles. The summed E-state index contributed by atoms with van der Waals surface area (Å²) in [7, 11) is 3.54. The number of imidazole rings is 1. The summed E-state index contributed by atoms with van der Waals surface area (Å²) in [5.74, 6) is 0.951. The molecule has 0 bridgehead atoms. The van der Waals surface area contributed by atoms with Gasteiger partial charge in [-0.3, -0.25) is 0 Å². The van der Waals surface area contributed by atoms with E-state index in [9.17, 15) is 8.42 Å². The standard InChI is InChI=1S/C11H13ClN2O2S/c1-3-4-11-13-9-7-8(17(12,15)16)5-6-10(9)14(11)2/h5-7H,3-4H2,1-2H3. The predicted molar refractivity (Wildman–Crippen MR) is 67.7 cm³/mol. The van der Waals surface area contributed by atoms with Gasteiger partial charge >= 0.3 is 0 Å². The summed E-state index contributed by atoms with van der Waals surface area (Å²) in [4.78, 5) is 4.51. The molecule has 92 valence electrons. The summed E-state index contributed by atoms with van der Waals surface area (Å²) in [5.41, 5.74) is 1.58. The van der Waals surface area contributed by atoms with Crippen LogP contribution in [0.25, 0.3) is 11.0 Å². The molecule has 4 nitrogen and oxygen atoms in total. The summed E-state index contributed by atoms with van der Waals surface area (Å²) in [5, 5.41) is 0. The number of nitrogens with zero attached hydrogens (tertiary/aromatic N) is 2. The quantitative estimate of drug-likeness (QED) is 0.807. The van der Waals surface area contributed by atoms with Crippen molar-refractivity contribution in [1.29, 1.82) is 0 Å². The molecule has 0 fully saturated rings. The first-order valence-electron chi connectivity index (χ1n) is 5.33. The van der Waals surface area contributed by atoms with Gasteiger partial charge in [-0.1, -0.05) is 6.92 Å². The van der Waals surface area contributed by atoms with Gasteiger partial charge in [-0.2, -0.15) is 0 Å². The summed E-state index contributed by atoms with van der Waals surface area (Å²) >= 11 is 0. The van der Waals surface area contributed by atoms with Crippen LogP contribution in [-0.4, -0.2) is 18.0 Å². The zero-order chi connectivity index (χ0) is 12.6. The molecule has 0 radical (unpaired) electrons. The molecular weight excluding hydrogens is 260 g/mol. The molecule has 1 heterocycles. The van der Waals surface area contributed by atoms with E-state index in [4.69, 9.17) is 10.7 Å². The molecule has 0 N–H and O–H groups in total. The Kier molecular flexibility index (Phi) is 3.14. The highest BCUT2D eigenvalue weighted by Gasteiger charge is 2.13. The van der Waals surface area contributed by atoms with Crippen molar-refractivity contribution in [2.45, 2.75) is 24.7 Å². The Morgan fingerprint density at radius 1 is 1.41 bits per heavy atom. The Labute approximate surface area is 105 Å². The average molecular weight is 273 g/mol. The van der Waals surface area contributed by atoms with Gasteiger partial charge in [0, 0.05) is 24.2 Å². The number of aryl methyl sites for hydroxylation is 2. The van der Waals surface area contributed by atoms with Crippen LogP contribution in [0, 0.1) is 0 Å². The lowest BCUT2D eigenvalue weighted by molar-refractivity contribution is 0.609. The van der Waals surface area contributed by atoms with Crippen molar-refractivity contribution in [3.05, 3.63) is 24.0 Å². The summed E-state index contributed by atoms with van der Waals surface area (Å²) in [6.07, 6.45) is 1.87. The van der Waals surface area contributed by atoms with Crippen molar-refractivity contribution in [1.82, 2.24) is 9.55 Å². The Hall–Kier alpha value is -1.07. The zero-order valence-electron chi connectivity index (χ0n) is 9.64. The Morgan fingerprint density at radius 2 is 2.12 bits per heavy atom. The van der Waals surface area contributed by atoms with Crippen LogP contribution in [0.1, 0.15) is 19.2 Å². The minimum absolute atomic E-state index is 0.0906. The van der Waals surface area contributed by atoms with Crippen molar-refractivity contribution < 1.29 is 8.42 Å². The van der Waals surface area contributed by atoms with Gasteiger partial charge in [0.15, 0.2) is 0 Å². The molecule has 1 aromatic heterocycles. The first-order chi connectivity index (χ1) is 7.93. The fourth-order valence-corrected chi connectivity index (χ4v) is 2.60. The van der Waals surface area contributed by atoms with Crippen LogP contribution in [-0.2, 0) is 22.5 Å². The molecule has 0 spiro atoms. The molecule has 1 aromatic carbocycles. The van der Waals surface area contributed by atoms with Crippen molar-refractivity contribution >= 4 is 30.8 Å². The van der Waals surface area contributed by atoms with E-state index in [0.717, 1.165) is 24.2 Å². The zero-order valence-corrected chi connectivity index (χ0v) is 11.2. The molecule has 0 atom stereocenters. The maximum atomic E-state index is 11.2. The topological polar surface area (TPSA) is 52.0 Å². The fourth-order valence-electron chi connectivity index (χ4n) is 1.83. The highest BCUT2D eigenvalue weighted by atomic mass is 35.7. The van der Waals surface area contributed by atoms with E-state index in [0.29, 0.717) is 5.52 Å². The maximum absolute atomic E-state index is 11.2. The molecule has 6 heteroatoms. The van der Waals surface area contributed by atoms with Crippen LogP contribution < -0.4 is 0 Å². The largest absolute Gasteiger partial charge is 0.331 e. The van der Waals surface area contributed by atoms with Crippen LogP contribution >= 0.6 is 10.7 Å². The van der Waals surface area contributed by atoms with E-state index in [1.807, 2.05) is 11.6 Å². The van der Waals surface area contributed by atoms with E-state index in [-0.39, 0.29) is 4.90 Å². The number of hydrogen-bond acceptors (Lipinski definition) is 3. The molecular formula is C11H13ClN2O2S. The van der Waals surface area contributed by atoms with Crippen LogP contribution in [0.2, 0.25) is 0 Å². The van der Waals surface area contributed by atoms with E-state index in [1.54, 1.807) is 6.07 Å². The van der Waals surface area contributed by atoms with Gasteiger partial charge in [-0.05, 0) is 24.6 Å². The Balaban J connectivity index is 2.63. The van der Waals surface area contributed by atoms with Crippen LogP contribution in [0.15, 0.2) is 23.1 Å². The van der Waals surface area contributed by atoms with E-state index in [1.165, 1.54) is 12.1 Å². The fraction of sp³-hybridized carbons (Fsp3) is 0.364. The lowest BCUT2D eigenvalue weighted by Gasteiger charge is -1.99. The molecule has 0 aliphatic rings. The first-order valence-corrected chi connectivity index (χ1v) is 7.64. The van der Waals surface area contributed by atoms with Crippen LogP contribution in [0.5, 0.6) is 0 Å². The molecule has 0 amide bonds. The van der Waals surface area contributed by atoms with Gasteiger partial charge in [0.05, 0.1) is 15.9 Å². The molecule has 0 aliphatic carbocycles. The van der Waals surface area contributed by atoms with E-state index < -0.39 is 9.05 Å². The van der Waals surface area contributed by atoms with Gasteiger partial charge in [0.25, 0.3) is 9.05 Å². The van der Waals surface area contributed by atoms with Crippen molar-refractivity contribution in [2.24, 2.45) is 7.05 Å². The minimum Gasteiger partial charge on any atom is -0.331 e. The van der Waals surface area contributed by atoms with Gasteiger partial charge in [0.1, 0.15) is 5.82 Å². The lowest BCUT2D eigenvalue weighted by Crippen LogP contribution is -1.96. The summed E-state index contributed by atoms with van der Waals surface area (Å²) < 4.78 is 24.4.